The average molecular weight is 274 g/mol. The van der Waals surface area contributed by atoms with Crippen molar-refractivity contribution in [3.05, 3.63) is 70.8 Å². The van der Waals surface area contributed by atoms with Crippen LogP contribution in [0, 0.1) is 12.8 Å². The summed E-state index contributed by atoms with van der Waals surface area (Å²) in [5.41, 5.74) is 11.9. The van der Waals surface area contributed by atoms with Gasteiger partial charge in [-0.15, -0.1) is 12.4 Å². The second-order valence-corrected chi connectivity index (χ2v) is 5.38. The van der Waals surface area contributed by atoms with Crippen LogP contribution < -0.4 is 5.73 Å². The first-order chi connectivity index (χ1) is 8.74. The molecule has 1 aliphatic carbocycles. The van der Waals surface area contributed by atoms with Crippen molar-refractivity contribution in [3.8, 4) is 0 Å². The molecule has 2 atom stereocenters. The molecule has 2 N–H and O–H groups in total. The summed E-state index contributed by atoms with van der Waals surface area (Å²) >= 11 is 0. The van der Waals surface area contributed by atoms with E-state index in [0.717, 1.165) is 12.8 Å². The molecule has 1 nitrogen and oxygen atoms in total. The molecule has 2 aromatic rings. The van der Waals surface area contributed by atoms with Crippen LogP contribution in [-0.2, 0) is 12.8 Å². The van der Waals surface area contributed by atoms with Crippen LogP contribution in [0.3, 0.4) is 0 Å². The van der Waals surface area contributed by atoms with Gasteiger partial charge in [0.05, 0.1) is 0 Å². The normalized spacial score (nSPS) is 20.7. The van der Waals surface area contributed by atoms with E-state index in [4.69, 9.17) is 5.73 Å². The molecule has 2 unspecified atom stereocenters. The molecule has 0 bridgehead atoms. The lowest BCUT2D eigenvalue weighted by Crippen LogP contribution is -2.18. The third-order valence-corrected chi connectivity index (χ3v) is 4.02. The number of aryl methyl sites for hydroxylation is 1. The summed E-state index contributed by atoms with van der Waals surface area (Å²) in [5.74, 6) is 0.546. The van der Waals surface area contributed by atoms with E-state index in [2.05, 4.69) is 55.5 Å². The summed E-state index contributed by atoms with van der Waals surface area (Å²) in [6.45, 7) is 2.13. The fourth-order valence-electron chi connectivity index (χ4n) is 2.93. The molecule has 19 heavy (non-hydrogen) atoms. The topological polar surface area (TPSA) is 26.0 Å². The number of hydrogen-bond donors (Lipinski definition) is 1. The highest BCUT2D eigenvalue weighted by atomic mass is 35.5. The zero-order valence-corrected chi connectivity index (χ0v) is 12.0. The van der Waals surface area contributed by atoms with E-state index >= 15 is 0 Å². The van der Waals surface area contributed by atoms with Crippen molar-refractivity contribution >= 4 is 12.4 Å². The van der Waals surface area contributed by atoms with Crippen LogP contribution in [0.5, 0.6) is 0 Å². The minimum Gasteiger partial charge on any atom is -0.324 e. The minimum absolute atomic E-state index is 0. The summed E-state index contributed by atoms with van der Waals surface area (Å²) in [6.07, 6.45) is 2.20. The van der Waals surface area contributed by atoms with Crippen LogP contribution in [0.1, 0.15) is 28.3 Å². The molecule has 0 heterocycles. The number of halogens is 1. The fraction of sp³-hybridized carbons (Fsp3) is 0.294. The molecule has 100 valence electrons. The first-order valence-electron chi connectivity index (χ1n) is 6.63. The number of hydrogen-bond acceptors (Lipinski definition) is 1. The van der Waals surface area contributed by atoms with Gasteiger partial charge in [-0.1, -0.05) is 54.1 Å². The van der Waals surface area contributed by atoms with Gasteiger partial charge in [0, 0.05) is 6.04 Å². The third kappa shape index (κ3) is 2.83. The summed E-state index contributed by atoms with van der Waals surface area (Å²) in [4.78, 5) is 0. The number of rotatable bonds is 2. The van der Waals surface area contributed by atoms with E-state index in [1.807, 2.05) is 0 Å². The number of nitrogens with two attached hydrogens (primary N) is 1. The van der Waals surface area contributed by atoms with Crippen LogP contribution in [0.15, 0.2) is 48.5 Å². The molecule has 0 aromatic heterocycles. The van der Waals surface area contributed by atoms with Gasteiger partial charge < -0.3 is 5.73 Å². The van der Waals surface area contributed by atoms with E-state index in [1.54, 1.807) is 0 Å². The Morgan fingerprint density at radius 2 is 1.74 bits per heavy atom. The summed E-state index contributed by atoms with van der Waals surface area (Å²) in [6, 6.07) is 17.6. The zero-order chi connectivity index (χ0) is 12.5. The molecule has 0 radical (unpaired) electrons. The van der Waals surface area contributed by atoms with Crippen LogP contribution in [-0.4, -0.2) is 0 Å². The molecule has 0 saturated carbocycles. The monoisotopic (exact) mass is 273 g/mol. The van der Waals surface area contributed by atoms with Crippen LogP contribution >= 0.6 is 12.4 Å². The Hall–Kier alpha value is -1.31. The molecule has 0 amide bonds. The van der Waals surface area contributed by atoms with Gasteiger partial charge in [0.15, 0.2) is 0 Å². The molecule has 2 heteroatoms. The Morgan fingerprint density at radius 1 is 1.05 bits per heavy atom. The van der Waals surface area contributed by atoms with Crippen molar-refractivity contribution in [2.75, 3.05) is 0 Å². The second-order valence-electron chi connectivity index (χ2n) is 5.38. The van der Waals surface area contributed by atoms with Crippen molar-refractivity contribution < 1.29 is 0 Å². The lowest BCUT2D eigenvalue weighted by molar-refractivity contribution is 0.465. The SMILES string of the molecule is Cc1ccc(CC2Cc3ccccc3C2N)cc1.Cl. The van der Waals surface area contributed by atoms with Crippen LogP contribution in [0.25, 0.3) is 0 Å². The Labute approximate surface area is 121 Å². The predicted molar refractivity (Wildman–Crippen MR) is 82.7 cm³/mol. The molecule has 2 aromatic carbocycles. The van der Waals surface area contributed by atoms with Gasteiger partial charge in [0.2, 0.25) is 0 Å². The largest absolute Gasteiger partial charge is 0.324 e. The van der Waals surface area contributed by atoms with E-state index in [0.29, 0.717) is 5.92 Å². The smallest absolute Gasteiger partial charge is 0.0332 e. The molecule has 1 aliphatic rings. The van der Waals surface area contributed by atoms with Crippen LogP contribution in [0.2, 0.25) is 0 Å². The summed E-state index contributed by atoms with van der Waals surface area (Å²) < 4.78 is 0. The van der Waals surface area contributed by atoms with Gasteiger partial charge in [-0.3, -0.25) is 0 Å². The highest BCUT2D eigenvalue weighted by Crippen LogP contribution is 2.36. The van der Waals surface area contributed by atoms with E-state index in [9.17, 15) is 0 Å². The van der Waals surface area contributed by atoms with Gasteiger partial charge >= 0.3 is 0 Å². The van der Waals surface area contributed by atoms with Gasteiger partial charge in [-0.2, -0.15) is 0 Å². The molecular weight excluding hydrogens is 254 g/mol. The highest BCUT2D eigenvalue weighted by molar-refractivity contribution is 5.85. The van der Waals surface area contributed by atoms with Gasteiger partial charge in [-0.05, 0) is 42.4 Å². The third-order valence-electron chi connectivity index (χ3n) is 4.02. The van der Waals surface area contributed by atoms with Gasteiger partial charge in [-0.25, -0.2) is 0 Å². The Balaban J connectivity index is 0.00000133. The maximum absolute atomic E-state index is 6.37. The Bertz CT molecular complexity index is 547. The zero-order valence-electron chi connectivity index (χ0n) is 11.2. The lowest BCUT2D eigenvalue weighted by atomic mass is 9.93. The quantitative estimate of drug-likeness (QED) is 0.884. The lowest BCUT2D eigenvalue weighted by Gasteiger charge is -2.16. The Morgan fingerprint density at radius 3 is 2.42 bits per heavy atom. The van der Waals surface area contributed by atoms with E-state index in [1.165, 1.54) is 22.3 Å². The standard InChI is InChI=1S/C17H19N.ClH/c1-12-6-8-13(9-7-12)10-15-11-14-4-2-3-5-16(14)17(15)18;/h2-9,15,17H,10-11,18H2,1H3;1H. The number of benzene rings is 2. The molecular formula is C17H20ClN. The van der Waals surface area contributed by atoms with Crippen molar-refractivity contribution in [1.29, 1.82) is 0 Å². The van der Waals surface area contributed by atoms with E-state index in [-0.39, 0.29) is 18.4 Å². The summed E-state index contributed by atoms with van der Waals surface area (Å²) in [5, 5.41) is 0. The predicted octanol–water partition coefficient (Wildman–Crippen LogP) is 3.83. The maximum atomic E-state index is 6.37. The van der Waals surface area contributed by atoms with Gasteiger partial charge in [0.25, 0.3) is 0 Å². The van der Waals surface area contributed by atoms with Crippen molar-refractivity contribution in [2.45, 2.75) is 25.8 Å². The average Bonchev–Trinajstić information content (AvgIpc) is 2.70. The minimum atomic E-state index is 0. The first-order valence-corrected chi connectivity index (χ1v) is 6.63. The van der Waals surface area contributed by atoms with E-state index < -0.39 is 0 Å². The molecule has 3 rings (SSSR count). The highest BCUT2D eigenvalue weighted by Gasteiger charge is 2.28. The second kappa shape index (κ2) is 5.77. The molecule has 0 saturated heterocycles. The molecule has 0 aliphatic heterocycles. The van der Waals surface area contributed by atoms with Gasteiger partial charge in [0.1, 0.15) is 0 Å². The number of fused-ring (bicyclic) bond motifs is 1. The maximum Gasteiger partial charge on any atom is 0.0332 e. The fourth-order valence-corrected chi connectivity index (χ4v) is 2.93. The molecule has 0 fully saturated rings. The molecule has 0 spiro atoms. The van der Waals surface area contributed by atoms with Crippen molar-refractivity contribution in [1.82, 2.24) is 0 Å². The van der Waals surface area contributed by atoms with Crippen molar-refractivity contribution in [3.63, 3.8) is 0 Å². The first kappa shape index (κ1) is 14.1. The van der Waals surface area contributed by atoms with Crippen molar-refractivity contribution in [2.24, 2.45) is 11.7 Å². The Kier molecular flexibility index (Phi) is 4.28. The van der Waals surface area contributed by atoms with Crippen LogP contribution in [0.4, 0.5) is 0 Å². The summed E-state index contributed by atoms with van der Waals surface area (Å²) in [7, 11) is 0.